The van der Waals surface area contributed by atoms with Crippen molar-refractivity contribution in [1.29, 1.82) is 0 Å². The van der Waals surface area contributed by atoms with Crippen LogP contribution in [-0.4, -0.2) is 36.2 Å². The number of hydrogen-bond donors (Lipinski definition) is 1. The van der Waals surface area contributed by atoms with E-state index in [9.17, 15) is 9.59 Å². The predicted molar refractivity (Wildman–Crippen MR) is 165 cm³/mol. The van der Waals surface area contributed by atoms with Crippen molar-refractivity contribution in [3.8, 4) is 11.3 Å². The van der Waals surface area contributed by atoms with Crippen LogP contribution >= 0.6 is 11.3 Å². The van der Waals surface area contributed by atoms with Crippen LogP contribution in [0.25, 0.3) is 28.2 Å². The molecule has 1 aliphatic rings. The molecule has 8 heteroatoms. The van der Waals surface area contributed by atoms with Crippen molar-refractivity contribution in [1.82, 2.24) is 9.55 Å². The topological polar surface area (TPSA) is 79.7 Å². The van der Waals surface area contributed by atoms with E-state index in [1.165, 1.54) is 11.3 Å². The van der Waals surface area contributed by atoms with Gasteiger partial charge in [0.25, 0.3) is 5.56 Å². The second-order valence-corrected chi connectivity index (χ2v) is 11.1. The van der Waals surface area contributed by atoms with Gasteiger partial charge >= 0.3 is 5.97 Å². The summed E-state index contributed by atoms with van der Waals surface area (Å²) < 4.78 is 7.61. The average Bonchev–Trinajstić information content (AvgIpc) is 3.50. The molecule has 6 rings (SSSR count). The van der Waals surface area contributed by atoms with Crippen molar-refractivity contribution in [2.45, 2.75) is 19.9 Å². The maximum Gasteiger partial charge on any atom is 0.338 e. The molecule has 41 heavy (non-hydrogen) atoms. The van der Waals surface area contributed by atoms with E-state index in [1.54, 1.807) is 18.4 Å². The van der Waals surface area contributed by atoms with E-state index in [4.69, 9.17) is 9.73 Å². The fourth-order valence-corrected chi connectivity index (χ4v) is 6.37. The zero-order valence-corrected chi connectivity index (χ0v) is 24.2. The Balaban J connectivity index is 1.59. The molecule has 206 valence electrons. The molecule has 0 saturated carbocycles. The Morgan fingerprint density at radius 2 is 1.76 bits per heavy atom. The summed E-state index contributed by atoms with van der Waals surface area (Å²) in [5, 5.41) is 1.02. The molecule has 1 aliphatic heterocycles. The van der Waals surface area contributed by atoms with Gasteiger partial charge in [-0.25, -0.2) is 9.79 Å². The van der Waals surface area contributed by atoms with Crippen LogP contribution in [-0.2, 0) is 9.53 Å². The molecule has 3 aromatic carbocycles. The number of carbonyl (C=O) groups is 1. The van der Waals surface area contributed by atoms with Gasteiger partial charge in [0, 0.05) is 36.2 Å². The van der Waals surface area contributed by atoms with Crippen molar-refractivity contribution in [2.24, 2.45) is 4.99 Å². The Hall–Kier alpha value is -4.69. The number of aromatic nitrogens is 2. The molecular formula is C33H30N4O3S. The first-order chi connectivity index (χ1) is 19.9. The summed E-state index contributed by atoms with van der Waals surface area (Å²) in [6.07, 6.45) is 1.95. The highest BCUT2D eigenvalue weighted by atomic mass is 32.1. The van der Waals surface area contributed by atoms with Gasteiger partial charge in [0.1, 0.15) is 0 Å². The van der Waals surface area contributed by atoms with E-state index in [2.05, 4.69) is 23.2 Å². The molecule has 0 radical (unpaired) electrons. The second-order valence-electron chi connectivity index (χ2n) is 10.1. The summed E-state index contributed by atoms with van der Waals surface area (Å²) in [4.78, 5) is 38.3. The Morgan fingerprint density at radius 1 is 1.05 bits per heavy atom. The van der Waals surface area contributed by atoms with E-state index < -0.39 is 12.0 Å². The zero-order chi connectivity index (χ0) is 28.7. The minimum Gasteiger partial charge on any atom is -0.463 e. The minimum atomic E-state index is -0.653. The largest absolute Gasteiger partial charge is 0.463 e. The van der Waals surface area contributed by atoms with Gasteiger partial charge in [0.15, 0.2) is 4.80 Å². The third kappa shape index (κ3) is 4.70. The summed E-state index contributed by atoms with van der Waals surface area (Å²) in [5.74, 6) is -0.465. The standard InChI is InChI=1S/C33H30N4O3S/c1-5-40-32(39)28-20(2)34-33-37(30(28)22-15-17-23(18-16-22)36(3)4)31(38)27(41-33)19-25-24-13-9-10-14-26(24)35-29(25)21-11-7-6-8-12-21/h6-19,30,35H,5H2,1-4H3/b27-19+/t30-/m0/s1. The number of rotatable bonds is 6. The highest BCUT2D eigenvalue weighted by Crippen LogP contribution is 2.33. The first-order valence-electron chi connectivity index (χ1n) is 13.5. The normalized spacial score (nSPS) is 15.1. The zero-order valence-electron chi connectivity index (χ0n) is 23.3. The number of ether oxygens (including phenoxy) is 1. The van der Waals surface area contributed by atoms with Crippen LogP contribution < -0.4 is 19.8 Å². The highest BCUT2D eigenvalue weighted by Gasteiger charge is 2.33. The van der Waals surface area contributed by atoms with Gasteiger partial charge in [-0.1, -0.05) is 72.0 Å². The molecule has 0 unspecified atom stereocenters. The number of anilines is 1. The molecule has 7 nitrogen and oxygen atoms in total. The van der Waals surface area contributed by atoms with Crippen molar-refractivity contribution in [3.05, 3.63) is 121 Å². The summed E-state index contributed by atoms with van der Waals surface area (Å²) in [5.41, 5.74) is 6.46. The second kappa shape index (κ2) is 10.7. The number of thiazole rings is 1. The lowest BCUT2D eigenvalue weighted by Gasteiger charge is -2.25. The highest BCUT2D eigenvalue weighted by molar-refractivity contribution is 7.07. The minimum absolute atomic E-state index is 0.200. The summed E-state index contributed by atoms with van der Waals surface area (Å²) in [7, 11) is 3.95. The number of para-hydroxylation sites is 1. The maximum atomic E-state index is 14.2. The number of fused-ring (bicyclic) bond motifs is 2. The van der Waals surface area contributed by atoms with Gasteiger partial charge in [-0.2, -0.15) is 0 Å². The number of nitrogens with zero attached hydrogens (tertiary/aromatic N) is 3. The Labute approximate surface area is 241 Å². The molecule has 0 spiro atoms. The van der Waals surface area contributed by atoms with Crippen LogP contribution in [0.5, 0.6) is 0 Å². The molecule has 3 heterocycles. The molecule has 1 atom stereocenters. The molecule has 0 amide bonds. The maximum absolute atomic E-state index is 14.2. The third-order valence-corrected chi connectivity index (χ3v) is 8.31. The molecule has 5 aromatic rings. The fourth-order valence-electron chi connectivity index (χ4n) is 5.34. The molecule has 2 aromatic heterocycles. The number of carbonyl (C=O) groups excluding carboxylic acids is 1. The van der Waals surface area contributed by atoms with Gasteiger partial charge in [0.05, 0.1) is 34.1 Å². The third-order valence-electron chi connectivity index (χ3n) is 7.33. The molecule has 0 bridgehead atoms. The molecule has 0 fully saturated rings. The number of esters is 1. The lowest BCUT2D eigenvalue weighted by atomic mass is 9.95. The van der Waals surface area contributed by atoms with Crippen LogP contribution in [0.3, 0.4) is 0 Å². The number of nitrogens with one attached hydrogen (secondary N) is 1. The lowest BCUT2D eigenvalue weighted by Crippen LogP contribution is -2.40. The molecular weight excluding hydrogens is 532 g/mol. The van der Waals surface area contributed by atoms with Crippen molar-refractivity contribution in [3.63, 3.8) is 0 Å². The number of aromatic amines is 1. The molecule has 0 aliphatic carbocycles. The number of H-pyrrole nitrogens is 1. The smallest absolute Gasteiger partial charge is 0.338 e. The Kier molecular flexibility index (Phi) is 6.93. The fraction of sp³-hybridized carbons (Fsp3) is 0.182. The van der Waals surface area contributed by atoms with E-state index >= 15 is 0 Å². The van der Waals surface area contributed by atoms with E-state index in [1.807, 2.05) is 85.7 Å². The van der Waals surface area contributed by atoms with Crippen LogP contribution in [0.2, 0.25) is 0 Å². The van der Waals surface area contributed by atoms with Crippen LogP contribution in [0.15, 0.2) is 99.9 Å². The molecule has 0 saturated heterocycles. The molecule has 1 N–H and O–H groups in total. The summed E-state index contributed by atoms with van der Waals surface area (Å²) in [6.45, 7) is 3.81. The van der Waals surface area contributed by atoms with E-state index in [0.717, 1.165) is 39.0 Å². The van der Waals surface area contributed by atoms with Crippen molar-refractivity contribution in [2.75, 3.05) is 25.6 Å². The van der Waals surface area contributed by atoms with Gasteiger partial charge in [-0.05, 0) is 49.2 Å². The summed E-state index contributed by atoms with van der Waals surface area (Å²) in [6, 6.07) is 25.4. The SMILES string of the molecule is CCOC(=O)C1=C(C)N=c2s/c(=C/c3c(-c4ccccc4)[nH]c4ccccc34)c(=O)n2[C@H]1c1ccc(N(C)C)cc1. The van der Waals surface area contributed by atoms with Gasteiger partial charge < -0.3 is 14.6 Å². The van der Waals surface area contributed by atoms with Gasteiger partial charge in [0.2, 0.25) is 0 Å². The van der Waals surface area contributed by atoms with Crippen LogP contribution in [0.1, 0.15) is 31.0 Å². The van der Waals surface area contributed by atoms with E-state index in [0.29, 0.717) is 20.6 Å². The van der Waals surface area contributed by atoms with E-state index in [-0.39, 0.29) is 12.2 Å². The number of benzene rings is 3. The Morgan fingerprint density at radius 3 is 2.46 bits per heavy atom. The quantitative estimate of drug-likeness (QED) is 0.295. The van der Waals surface area contributed by atoms with Gasteiger partial charge in [-0.3, -0.25) is 9.36 Å². The number of hydrogen-bond acceptors (Lipinski definition) is 6. The number of allylic oxidation sites excluding steroid dienone is 1. The van der Waals surface area contributed by atoms with Crippen molar-refractivity contribution >= 4 is 40.0 Å². The predicted octanol–water partition coefficient (Wildman–Crippen LogP) is 5.01. The van der Waals surface area contributed by atoms with Crippen LogP contribution in [0, 0.1) is 0 Å². The van der Waals surface area contributed by atoms with Crippen LogP contribution in [0.4, 0.5) is 5.69 Å². The Bertz CT molecular complexity index is 1980. The van der Waals surface area contributed by atoms with Crippen molar-refractivity contribution < 1.29 is 9.53 Å². The average molecular weight is 563 g/mol. The first-order valence-corrected chi connectivity index (χ1v) is 14.3. The monoisotopic (exact) mass is 562 g/mol. The van der Waals surface area contributed by atoms with Gasteiger partial charge in [-0.15, -0.1) is 0 Å². The lowest BCUT2D eigenvalue weighted by molar-refractivity contribution is -0.139. The summed E-state index contributed by atoms with van der Waals surface area (Å²) >= 11 is 1.33. The first kappa shape index (κ1) is 26.5.